The van der Waals surface area contributed by atoms with E-state index in [0.717, 1.165) is 31.4 Å². The SMILES string of the molecule is CC(C)Sc1nc2c(c(=O)n(CCCOC3CCCCO3)c(=O)n2C)n1Cc1ccc(Cl)cc1. The summed E-state index contributed by atoms with van der Waals surface area (Å²) >= 11 is 7.62. The van der Waals surface area contributed by atoms with E-state index in [1.54, 1.807) is 18.8 Å². The number of rotatable bonds is 9. The van der Waals surface area contributed by atoms with E-state index in [-0.39, 0.29) is 29.3 Å². The fourth-order valence-corrected chi connectivity index (χ4v) is 5.02. The van der Waals surface area contributed by atoms with Crippen molar-refractivity contribution in [2.45, 2.75) is 69.3 Å². The van der Waals surface area contributed by atoms with Crippen LogP contribution in [-0.4, -0.2) is 43.4 Å². The molecule has 0 bridgehead atoms. The van der Waals surface area contributed by atoms with Gasteiger partial charge in [-0.2, -0.15) is 0 Å². The summed E-state index contributed by atoms with van der Waals surface area (Å²) in [5.41, 5.74) is 1.12. The number of thioether (sulfide) groups is 1. The van der Waals surface area contributed by atoms with Gasteiger partial charge in [0.2, 0.25) is 0 Å². The minimum atomic E-state index is -0.372. The van der Waals surface area contributed by atoms with E-state index in [0.29, 0.717) is 40.9 Å². The van der Waals surface area contributed by atoms with Crippen molar-refractivity contribution in [3.05, 3.63) is 55.7 Å². The van der Waals surface area contributed by atoms with E-state index in [4.69, 9.17) is 26.1 Å². The van der Waals surface area contributed by atoms with Gasteiger partial charge in [0.25, 0.3) is 5.56 Å². The number of nitrogens with zero attached hydrogens (tertiary/aromatic N) is 4. The summed E-state index contributed by atoms with van der Waals surface area (Å²) in [7, 11) is 1.66. The van der Waals surface area contributed by atoms with Crippen LogP contribution in [0, 0.1) is 0 Å². The Morgan fingerprint density at radius 2 is 1.97 bits per heavy atom. The van der Waals surface area contributed by atoms with Crippen molar-refractivity contribution in [1.29, 1.82) is 0 Å². The van der Waals surface area contributed by atoms with Crippen LogP contribution in [-0.2, 0) is 29.6 Å². The minimum absolute atomic E-state index is 0.188. The maximum atomic E-state index is 13.6. The van der Waals surface area contributed by atoms with Crippen LogP contribution in [0.15, 0.2) is 39.0 Å². The van der Waals surface area contributed by atoms with Gasteiger partial charge in [-0.05, 0) is 43.4 Å². The Hall–Kier alpha value is -2.07. The molecule has 4 rings (SSSR count). The molecule has 1 aliphatic heterocycles. The minimum Gasteiger partial charge on any atom is -0.353 e. The van der Waals surface area contributed by atoms with E-state index < -0.39 is 0 Å². The third-order valence-corrected chi connectivity index (χ3v) is 7.01. The van der Waals surface area contributed by atoms with Gasteiger partial charge in [0.05, 0.1) is 13.2 Å². The maximum absolute atomic E-state index is 13.6. The molecule has 0 N–H and O–H groups in total. The average molecular weight is 507 g/mol. The quantitative estimate of drug-likeness (QED) is 0.322. The summed E-state index contributed by atoms with van der Waals surface area (Å²) in [6.07, 6.45) is 3.39. The largest absolute Gasteiger partial charge is 0.353 e. The van der Waals surface area contributed by atoms with Gasteiger partial charge in [-0.3, -0.25) is 13.9 Å². The predicted octanol–water partition coefficient (Wildman–Crippen LogP) is 4.03. The summed E-state index contributed by atoms with van der Waals surface area (Å²) in [5.74, 6) is 0. The van der Waals surface area contributed by atoms with Crippen molar-refractivity contribution in [2.24, 2.45) is 7.05 Å². The summed E-state index contributed by atoms with van der Waals surface area (Å²) < 4.78 is 16.0. The Morgan fingerprint density at radius 1 is 1.21 bits per heavy atom. The molecule has 0 aliphatic carbocycles. The van der Waals surface area contributed by atoms with E-state index in [1.165, 1.54) is 9.13 Å². The first-order valence-corrected chi connectivity index (χ1v) is 12.9. The number of hydrogen-bond donors (Lipinski definition) is 0. The van der Waals surface area contributed by atoms with Crippen LogP contribution in [0.5, 0.6) is 0 Å². The Bertz CT molecular complexity index is 1240. The highest BCUT2D eigenvalue weighted by atomic mass is 35.5. The maximum Gasteiger partial charge on any atom is 0.332 e. The second-order valence-electron chi connectivity index (χ2n) is 8.76. The molecule has 2 aromatic heterocycles. The molecule has 0 saturated carbocycles. The van der Waals surface area contributed by atoms with E-state index in [9.17, 15) is 9.59 Å². The van der Waals surface area contributed by atoms with Gasteiger partial charge in [-0.15, -0.1) is 0 Å². The second-order valence-corrected chi connectivity index (χ2v) is 10.7. The lowest BCUT2D eigenvalue weighted by molar-refractivity contribution is -0.163. The van der Waals surface area contributed by atoms with Gasteiger partial charge in [-0.1, -0.05) is 49.3 Å². The number of imidazole rings is 1. The molecule has 184 valence electrons. The molecule has 8 nitrogen and oxygen atoms in total. The molecule has 0 spiro atoms. The third kappa shape index (κ3) is 5.59. The predicted molar refractivity (Wildman–Crippen MR) is 135 cm³/mol. The van der Waals surface area contributed by atoms with Gasteiger partial charge in [0.1, 0.15) is 0 Å². The Morgan fingerprint density at radius 3 is 2.65 bits per heavy atom. The molecule has 10 heteroatoms. The lowest BCUT2D eigenvalue weighted by atomic mass is 10.2. The molecule has 1 fully saturated rings. The molecule has 34 heavy (non-hydrogen) atoms. The monoisotopic (exact) mass is 506 g/mol. The van der Waals surface area contributed by atoms with Crippen LogP contribution in [0.3, 0.4) is 0 Å². The van der Waals surface area contributed by atoms with Crippen LogP contribution in [0.2, 0.25) is 5.02 Å². The molecule has 0 amide bonds. The average Bonchev–Trinajstić information content (AvgIpc) is 3.16. The highest BCUT2D eigenvalue weighted by Gasteiger charge is 2.21. The van der Waals surface area contributed by atoms with Crippen LogP contribution >= 0.6 is 23.4 Å². The first-order valence-electron chi connectivity index (χ1n) is 11.7. The summed E-state index contributed by atoms with van der Waals surface area (Å²) in [4.78, 5) is 31.3. The number of fused-ring (bicyclic) bond motifs is 1. The first-order chi connectivity index (χ1) is 16.3. The van der Waals surface area contributed by atoms with Gasteiger partial charge >= 0.3 is 5.69 Å². The lowest BCUT2D eigenvalue weighted by Crippen LogP contribution is -2.40. The standard InChI is InChI=1S/C24H31ClN4O4S/c1-16(2)34-23-26-21-20(29(23)15-17-8-10-18(25)11-9-17)22(30)28(24(31)27(21)3)12-6-14-33-19-7-4-5-13-32-19/h8-11,16,19H,4-7,12-15H2,1-3H3. The third-order valence-electron chi connectivity index (χ3n) is 5.76. The fourth-order valence-electron chi connectivity index (χ4n) is 4.05. The fraction of sp³-hybridized carbons (Fsp3) is 0.542. The zero-order chi connectivity index (χ0) is 24.2. The number of halogens is 1. The summed E-state index contributed by atoms with van der Waals surface area (Å²) in [6.45, 7) is 6.02. The summed E-state index contributed by atoms with van der Waals surface area (Å²) in [5, 5.41) is 1.63. The smallest absolute Gasteiger partial charge is 0.332 e. The van der Waals surface area contributed by atoms with Gasteiger partial charge in [-0.25, -0.2) is 9.78 Å². The molecule has 1 saturated heterocycles. The van der Waals surface area contributed by atoms with E-state index >= 15 is 0 Å². The lowest BCUT2D eigenvalue weighted by Gasteiger charge is -2.22. The molecular weight excluding hydrogens is 476 g/mol. The number of ether oxygens (including phenoxy) is 2. The van der Waals surface area contributed by atoms with Crippen molar-refractivity contribution in [3.8, 4) is 0 Å². The van der Waals surface area contributed by atoms with Crippen molar-refractivity contribution < 1.29 is 9.47 Å². The molecule has 1 aliphatic rings. The molecule has 3 heterocycles. The molecule has 1 aromatic carbocycles. The highest BCUT2D eigenvalue weighted by Crippen LogP contribution is 2.26. The zero-order valence-electron chi connectivity index (χ0n) is 19.8. The number of hydrogen-bond acceptors (Lipinski definition) is 6. The van der Waals surface area contributed by atoms with Gasteiger partial charge in [0.15, 0.2) is 22.6 Å². The molecular formula is C24H31ClN4O4S. The Balaban J connectivity index is 1.66. The Labute approximate surface area is 207 Å². The van der Waals surface area contributed by atoms with Crippen molar-refractivity contribution >= 4 is 34.5 Å². The zero-order valence-corrected chi connectivity index (χ0v) is 21.4. The number of aryl methyl sites for hydroxylation is 1. The van der Waals surface area contributed by atoms with Crippen LogP contribution in [0.25, 0.3) is 11.2 Å². The second kappa shape index (κ2) is 11.1. The highest BCUT2D eigenvalue weighted by molar-refractivity contribution is 7.99. The van der Waals surface area contributed by atoms with Gasteiger partial charge in [0, 0.05) is 30.5 Å². The van der Waals surface area contributed by atoms with Crippen LogP contribution in [0.4, 0.5) is 0 Å². The van der Waals surface area contributed by atoms with Crippen LogP contribution in [0.1, 0.15) is 45.1 Å². The first kappa shape index (κ1) is 25.0. The topological polar surface area (TPSA) is 80.3 Å². The number of aromatic nitrogens is 4. The molecule has 3 aromatic rings. The van der Waals surface area contributed by atoms with Crippen molar-refractivity contribution in [1.82, 2.24) is 18.7 Å². The van der Waals surface area contributed by atoms with Crippen LogP contribution < -0.4 is 11.2 Å². The normalized spacial score (nSPS) is 16.6. The molecule has 0 radical (unpaired) electrons. The van der Waals surface area contributed by atoms with Gasteiger partial charge < -0.3 is 14.0 Å². The van der Waals surface area contributed by atoms with E-state index in [1.807, 2.05) is 28.8 Å². The molecule has 1 atom stereocenters. The Kier molecular flexibility index (Phi) is 8.18. The van der Waals surface area contributed by atoms with Crippen molar-refractivity contribution in [2.75, 3.05) is 13.2 Å². The van der Waals surface area contributed by atoms with E-state index in [2.05, 4.69) is 13.8 Å². The molecule has 1 unspecified atom stereocenters. The number of benzene rings is 1. The summed E-state index contributed by atoms with van der Waals surface area (Å²) in [6, 6.07) is 7.52. The van der Waals surface area contributed by atoms with Crippen molar-refractivity contribution in [3.63, 3.8) is 0 Å².